The first-order chi connectivity index (χ1) is 7.72. The fraction of sp³-hybridized carbons (Fsp3) is 0.455. The van der Waals surface area contributed by atoms with Crippen LogP contribution in [0.5, 0.6) is 0 Å². The summed E-state index contributed by atoms with van der Waals surface area (Å²) in [5.41, 5.74) is 1.07. The molecule has 5 heteroatoms. The average molecular weight is 238 g/mol. The Bertz CT molecular complexity index is 414. The Labute approximate surface area is 98.3 Å². The normalized spacial score (nSPS) is 16.1. The molecule has 1 fully saturated rings. The number of carbonyl (C=O) groups excluding carboxylic acids is 2. The van der Waals surface area contributed by atoms with Crippen LogP contribution in [0.3, 0.4) is 0 Å². The number of carbonyl (C=O) groups is 2. The van der Waals surface area contributed by atoms with E-state index in [1.54, 1.807) is 4.90 Å². The third-order valence-electron chi connectivity index (χ3n) is 2.65. The van der Waals surface area contributed by atoms with Crippen molar-refractivity contribution in [3.63, 3.8) is 0 Å². The Morgan fingerprint density at radius 3 is 3.12 bits per heavy atom. The van der Waals surface area contributed by atoms with Gasteiger partial charge in [-0.2, -0.15) is 0 Å². The lowest BCUT2D eigenvalue weighted by Crippen LogP contribution is -2.49. The third-order valence-corrected chi connectivity index (χ3v) is 3.59. The van der Waals surface area contributed by atoms with E-state index in [1.807, 2.05) is 18.4 Å². The summed E-state index contributed by atoms with van der Waals surface area (Å²) in [6.07, 6.45) is 0.852. The lowest BCUT2D eigenvalue weighted by molar-refractivity contribution is -0.123. The van der Waals surface area contributed by atoms with Gasteiger partial charge in [0.1, 0.15) is 0 Å². The van der Waals surface area contributed by atoms with Crippen LogP contribution < -0.4 is 5.32 Å². The molecule has 1 aromatic heterocycles. The minimum Gasteiger partial charge on any atom is -0.353 e. The third kappa shape index (κ3) is 2.09. The van der Waals surface area contributed by atoms with Crippen LogP contribution in [0.25, 0.3) is 0 Å². The zero-order chi connectivity index (χ0) is 11.5. The first-order valence-electron chi connectivity index (χ1n) is 5.34. The fourth-order valence-corrected chi connectivity index (χ4v) is 2.72. The Morgan fingerprint density at radius 2 is 2.44 bits per heavy atom. The summed E-state index contributed by atoms with van der Waals surface area (Å²) in [5, 5.41) is 4.64. The summed E-state index contributed by atoms with van der Waals surface area (Å²) in [7, 11) is 0. The van der Waals surface area contributed by atoms with Crippen molar-refractivity contribution in [1.82, 2.24) is 10.2 Å². The zero-order valence-electron chi connectivity index (χ0n) is 9.16. The summed E-state index contributed by atoms with van der Waals surface area (Å²) in [5.74, 6) is -0.0871. The van der Waals surface area contributed by atoms with E-state index in [1.165, 1.54) is 11.3 Å². The molecule has 1 aromatic rings. The van der Waals surface area contributed by atoms with Gasteiger partial charge >= 0.3 is 0 Å². The Morgan fingerprint density at radius 1 is 1.62 bits per heavy atom. The number of hydrogen-bond donors (Lipinski definition) is 1. The van der Waals surface area contributed by atoms with Crippen LogP contribution in [-0.4, -0.2) is 36.3 Å². The second kappa shape index (κ2) is 4.65. The highest BCUT2D eigenvalue weighted by atomic mass is 32.1. The molecule has 0 unspecified atom stereocenters. The lowest BCUT2D eigenvalue weighted by Gasteiger charge is -2.26. The molecule has 0 atom stereocenters. The SMILES string of the molecule is CCc1ccsc1C(=O)N1CCNC(=O)C1. The van der Waals surface area contributed by atoms with Crippen molar-refractivity contribution >= 4 is 23.2 Å². The molecule has 1 saturated heterocycles. The molecule has 0 spiro atoms. The van der Waals surface area contributed by atoms with E-state index in [-0.39, 0.29) is 18.4 Å². The van der Waals surface area contributed by atoms with Gasteiger partial charge in [0.2, 0.25) is 5.91 Å². The van der Waals surface area contributed by atoms with Crippen LogP contribution in [0.15, 0.2) is 11.4 Å². The van der Waals surface area contributed by atoms with Gasteiger partial charge in [0.05, 0.1) is 11.4 Å². The molecule has 0 bridgehead atoms. The number of rotatable bonds is 2. The summed E-state index contributed by atoms with van der Waals surface area (Å²) < 4.78 is 0. The monoisotopic (exact) mass is 238 g/mol. The van der Waals surface area contributed by atoms with Crippen molar-refractivity contribution < 1.29 is 9.59 Å². The van der Waals surface area contributed by atoms with E-state index in [2.05, 4.69) is 5.32 Å². The van der Waals surface area contributed by atoms with Crippen LogP contribution in [0.1, 0.15) is 22.2 Å². The molecule has 2 heterocycles. The van der Waals surface area contributed by atoms with Gasteiger partial charge in [0.15, 0.2) is 0 Å². The van der Waals surface area contributed by atoms with Gasteiger partial charge in [-0.3, -0.25) is 9.59 Å². The Kier molecular flexibility index (Phi) is 3.24. The topological polar surface area (TPSA) is 49.4 Å². The summed E-state index contributed by atoms with van der Waals surface area (Å²) in [4.78, 5) is 25.7. The molecular formula is C11H14N2O2S. The van der Waals surface area contributed by atoms with Crippen molar-refractivity contribution in [2.24, 2.45) is 0 Å². The number of aryl methyl sites for hydroxylation is 1. The minimum atomic E-state index is -0.0748. The molecular weight excluding hydrogens is 224 g/mol. The first kappa shape index (κ1) is 11.1. The molecule has 4 nitrogen and oxygen atoms in total. The molecule has 0 aromatic carbocycles. The number of nitrogens with one attached hydrogen (secondary N) is 1. The van der Waals surface area contributed by atoms with Crippen LogP contribution in [0, 0.1) is 0 Å². The number of piperazine rings is 1. The van der Waals surface area contributed by atoms with E-state index in [0.717, 1.165) is 16.9 Å². The van der Waals surface area contributed by atoms with E-state index >= 15 is 0 Å². The van der Waals surface area contributed by atoms with Gasteiger partial charge in [-0.05, 0) is 23.4 Å². The van der Waals surface area contributed by atoms with Gasteiger partial charge < -0.3 is 10.2 Å². The largest absolute Gasteiger partial charge is 0.353 e. The van der Waals surface area contributed by atoms with Gasteiger partial charge in [-0.1, -0.05) is 6.92 Å². The number of thiophene rings is 1. The highest BCUT2D eigenvalue weighted by molar-refractivity contribution is 7.12. The van der Waals surface area contributed by atoms with Crippen LogP contribution in [-0.2, 0) is 11.2 Å². The minimum absolute atomic E-state index is 0.0123. The zero-order valence-corrected chi connectivity index (χ0v) is 9.97. The number of hydrogen-bond acceptors (Lipinski definition) is 3. The van der Waals surface area contributed by atoms with Crippen LogP contribution in [0.2, 0.25) is 0 Å². The average Bonchev–Trinajstić information content (AvgIpc) is 2.76. The van der Waals surface area contributed by atoms with E-state index < -0.39 is 0 Å². The van der Waals surface area contributed by atoms with Crippen molar-refractivity contribution in [3.8, 4) is 0 Å². The van der Waals surface area contributed by atoms with Crippen molar-refractivity contribution in [2.75, 3.05) is 19.6 Å². The highest BCUT2D eigenvalue weighted by Crippen LogP contribution is 2.19. The van der Waals surface area contributed by atoms with Crippen LogP contribution in [0.4, 0.5) is 0 Å². The lowest BCUT2D eigenvalue weighted by atomic mass is 10.2. The fourth-order valence-electron chi connectivity index (χ4n) is 1.76. The molecule has 2 amide bonds. The highest BCUT2D eigenvalue weighted by Gasteiger charge is 2.24. The summed E-state index contributed by atoms with van der Waals surface area (Å²) in [6.45, 7) is 3.37. The Hall–Kier alpha value is -1.36. The molecule has 0 aliphatic carbocycles. The second-order valence-corrected chi connectivity index (χ2v) is 4.62. The molecule has 2 rings (SSSR count). The van der Waals surface area contributed by atoms with Crippen molar-refractivity contribution in [3.05, 3.63) is 21.9 Å². The van der Waals surface area contributed by atoms with E-state index in [0.29, 0.717) is 13.1 Å². The van der Waals surface area contributed by atoms with Gasteiger partial charge in [0.25, 0.3) is 5.91 Å². The maximum absolute atomic E-state index is 12.1. The second-order valence-electron chi connectivity index (χ2n) is 3.71. The molecule has 16 heavy (non-hydrogen) atoms. The number of nitrogens with zero attached hydrogens (tertiary/aromatic N) is 1. The number of amides is 2. The summed E-state index contributed by atoms with van der Waals surface area (Å²) >= 11 is 1.45. The van der Waals surface area contributed by atoms with E-state index in [9.17, 15) is 9.59 Å². The quantitative estimate of drug-likeness (QED) is 0.831. The predicted octanol–water partition coefficient (Wildman–Crippen LogP) is 0.883. The molecule has 0 radical (unpaired) electrons. The summed E-state index contributed by atoms with van der Waals surface area (Å²) in [6, 6.07) is 1.97. The molecule has 1 aliphatic heterocycles. The van der Waals surface area contributed by atoms with Crippen LogP contribution >= 0.6 is 11.3 Å². The molecule has 0 saturated carbocycles. The maximum atomic E-state index is 12.1. The molecule has 1 N–H and O–H groups in total. The molecule has 1 aliphatic rings. The first-order valence-corrected chi connectivity index (χ1v) is 6.22. The van der Waals surface area contributed by atoms with Gasteiger partial charge in [-0.15, -0.1) is 11.3 Å². The van der Waals surface area contributed by atoms with Crippen molar-refractivity contribution in [1.29, 1.82) is 0 Å². The van der Waals surface area contributed by atoms with Gasteiger partial charge in [-0.25, -0.2) is 0 Å². The molecule has 86 valence electrons. The standard InChI is InChI=1S/C11H14N2O2S/c1-2-8-3-6-16-10(8)11(15)13-5-4-12-9(14)7-13/h3,6H,2,4-5,7H2,1H3,(H,12,14). The van der Waals surface area contributed by atoms with E-state index in [4.69, 9.17) is 0 Å². The predicted molar refractivity (Wildman–Crippen MR) is 62.6 cm³/mol. The Balaban J connectivity index is 2.15. The van der Waals surface area contributed by atoms with Gasteiger partial charge in [0, 0.05) is 13.1 Å². The maximum Gasteiger partial charge on any atom is 0.264 e. The van der Waals surface area contributed by atoms with Crippen molar-refractivity contribution in [2.45, 2.75) is 13.3 Å². The smallest absolute Gasteiger partial charge is 0.264 e.